The normalized spacial score (nSPS) is 10.6. The number of halogens is 1. The van der Waals surface area contributed by atoms with Gasteiger partial charge in [-0.1, -0.05) is 23.7 Å². The average Bonchev–Trinajstić information content (AvgIpc) is 2.47. The number of ether oxygens (including phenoxy) is 1. The topological polar surface area (TPSA) is 64.3 Å². The van der Waals surface area contributed by atoms with Crippen LogP contribution in [0.4, 0.5) is 11.6 Å². The molecule has 1 aromatic carbocycles. The molecule has 2 N–H and O–H groups in total. The highest BCUT2D eigenvalue weighted by Gasteiger charge is 2.08. The zero-order valence-corrected chi connectivity index (χ0v) is 13.0. The largest absolute Gasteiger partial charge is 0.384 e. The number of anilines is 2. The first-order valence-electron chi connectivity index (χ1n) is 6.75. The van der Waals surface area contributed by atoms with E-state index in [1.807, 2.05) is 43.1 Å². The molecular weight excluding hydrogens is 288 g/mol. The molecule has 0 saturated heterocycles. The number of aromatic nitrogens is 2. The van der Waals surface area contributed by atoms with Gasteiger partial charge in [-0.2, -0.15) is 0 Å². The van der Waals surface area contributed by atoms with Crippen molar-refractivity contribution >= 4 is 23.2 Å². The van der Waals surface area contributed by atoms with Crippen LogP contribution in [0.15, 0.2) is 30.3 Å². The van der Waals surface area contributed by atoms with E-state index in [1.165, 1.54) is 0 Å². The van der Waals surface area contributed by atoms with Crippen LogP contribution in [0, 0.1) is 0 Å². The molecule has 0 unspecified atom stereocenters. The standard InChI is InChI=1S/C15H19ClN4O/c1-3-21-10-14-18-13(17)8-15(19-14)20(2)9-11-4-6-12(16)7-5-11/h4-8H,3,9-10H2,1-2H3,(H2,17,18,19). The maximum Gasteiger partial charge on any atom is 0.158 e. The highest BCUT2D eigenvalue weighted by Crippen LogP contribution is 2.17. The van der Waals surface area contributed by atoms with Crippen LogP contribution in [0.2, 0.25) is 5.02 Å². The van der Waals surface area contributed by atoms with Crippen LogP contribution in [0.1, 0.15) is 18.3 Å². The lowest BCUT2D eigenvalue weighted by Gasteiger charge is -2.19. The predicted octanol–water partition coefficient (Wildman–Crippen LogP) is 2.89. The van der Waals surface area contributed by atoms with Gasteiger partial charge in [-0.3, -0.25) is 0 Å². The molecule has 6 heteroatoms. The molecule has 1 aromatic heterocycles. The monoisotopic (exact) mass is 306 g/mol. The van der Waals surface area contributed by atoms with E-state index in [0.717, 1.165) is 16.4 Å². The zero-order valence-electron chi connectivity index (χ0n) is 12.2. The lowest BCUT2D eigenvalue weighted by Crippen LogP contribution is -2.19. The van der Waals surface area contributed by atoms with Crippen LogP contribution in [0.25, 0.3) is 0 Å². The summed E-state index contributed by atoms with van der Waals surface area (Å²) in [6, 6.07) is 9.49. The van der Waals surface area contributed by atoms with Crippen molar-refractivity contribution < 1.29 is 4.74 Å². The second-order valence-corrected chi connectivity index (χ2v) is 5.12. The Bertz CT molecular complexity index is 589. The van der Waals surface area contributed by atoms with E-state index in [4.69, 9.17) is 22.1 Å². The molecule has 0 aliphatic rings. The molecule has 0 bridgehead atoms. The van der Waals surface area contributed by atoms with E-state index >= 15 is 0 Å². The summed E-state index contributed by atoms with van der Waals surface area (Å²) in [5.74, 6) is 1.81. The van der Waals surface area contributed by atoms with Gasteiger partial charge in [-0.15, -0.1) is 0 Å². The van der Waals surface area contributed by atoms with Gasteiger partial charge in [0.1, 0.15) is 18.2 Å². The van der Waals surface area contributed by atoms with E-state index in [0.29, 0.717) is 31.4 Å². The maximum atomic E-state index is 5.89. The lowest BCUT2D eigenvalue weighted by molar-refractivity contribution is 0.128. The van der Waals surface area contributed by atoms with E-state index in [1.54, 1.807) is 6.07 Å². The van der Waals surface area contributed by atoms with Crippen LogP contribution in [-0.2, 0) is 17.9 Å². The lowest BCUT2D eigenvalue weighted by atomic mass is 10.2. The van der Waals surface area contributed by atoms with Gasteiger partial charge in [0.15, 0.2) is 5.82 Å². The summed E-state index contributed by atoms with van der Waals surface area (Å²) in [5, 5.41) is 0.728. The SMILES string of the molecule is CCOCc1nc(N)cc(N(C)Cc2ccc(Cl)cc2)n1. The van der Waals surface area contributed by atoms with Crippen LogP contribution in [-0.4, -0.2) is 23.6 Å². The Hall–Kier alpha value is -1.85. The summed E-state index contributed by atoms with van der Waals surface area (Å²) in [5.41, 5.74) is 6.98. The van der Waals surface area contributed by atoms with Gasteiger partial charge in [-0.05, 0) is 24.6 Å². The Morgan fingerprint density at radius 2 is 1.95 bits per heavy atom. The van der Waals surface area contributed by atoms with Crippen LogP contribution >= 0.6 is 11.6 Å². The Morgan fingerprint density at radius 1 is 1.24 bits per heavy atom. The van der Waals surface area contributed by atoms with E-state index in [9.17, 15) is 0 Å². The molecule has 21 heavy (non-hydrogen) atoms. The van der Waals surface area contributed by atoms with Gasteiger partial charge in [0, 0.05) is 31.3 Å². The van der Waals surface area contributed by atoms with Crippen molar-refractivity contribution in [2.24, 2.45) is 0 Å². The molecule has 0 radical (unpaired) electrons. The van der Waals surface area contributed by atoms with Crippen molar-refractivity contribution in [2.75, 3.05) is 24.3 Å². The quantitative estimate of drug-likeness (QED) is 0.889. The third-order valence-electron chi connectivity index (χ3n) is 2.94. The number of hydrogen-bond donors (Lipinski definition) is 1. The number of hydrogen-bond acceptors (Lipinski definition) is 5. The second-order valence-electron chi connectivity index (χ2n) is 4.69. The average molecular weight is 307 g/mol. The molecule has 0 amide bonds. The molecule has 0 atom stereocenters. The van der Waals surface area contributed by atoms with Crippen molar-refractivity contribution in [3.05, 3.63) is 46.7 Å². The minimum absolute atomic E-state index is 0.364. The fourth-order valence-corrected chi connectivity index (χ4v) is 2.03. The van der Waals surface area contributed by atoms with E-state index < -0.39 is 0 Å². The Balaban J connectivity index is 2.12. The molecule has 2 aromatic rings. The molecule has 1 heterocycles. The molecule has 5 nitrogen and oxygen atoms in total. The molecule has 0 aliphatic carbocycles. The summed E-state index contributed by atoms with van der Waals surface area (Å²) in [6.07, 6.45) is 0. The Morgan fingerprint density at radius 3 is 2.62 bits per heavy atom. The number of nitrogen functional groups attached to an aromatic ring is 1. The van der Waals surface area contributed by atoms with Gasteiger partial charge >= 0.3 is 0 Å². The highest BCUT2D eigenvalue weighted by atomic mass is 35.5. The Kier molecular flexibility index (Phi) is 5.36. The van der Waals surface area contributed by atoms with Gasteiger partial charge in [0.2, 0.25) is 0 Å². The van der Waals surface area contributed by atoms with Gasteiger partial charge < -0.3 is 15.4 Å². The van der Waals surface area contributed by atoms with Crippen LogP contribution < -0.4 is 10.6 Å². The van der Waals surface area contributed by atoms with Crippen molar-refractivity contribution in [1.29, 1.82) is 0 Å². The third kappa shape index (κ3) is 4.58. The van der Waals surface area contributed by atoms with Gasteiger partial charge in [0.05, 0.1) is 0 Å². The summed E-state index contributed by atoms with van der Waals surface area (Å²) in [7, 11) is 1.96. The smallest absolute Gasteiger partial charge is 0.158 e. The van der Waals surface area contributed by atoms with Crippen molar-refractivity contribution in [3.8, 4) is 0 Å². The second kappa shape index (κ2) is 7.24. The molecular formula is C15H19ClN4O. The molecule has 112 valence electrons. The minimum Gasteiger partial charge on any atom is -0.384 e. The minimum atomic E-state index is 0.364. The number of nitrogens with two attached hydrogens (primary N) is 1. The molecule has 0 aliphatic heterocycles. The van der Waals surface area contributed by atoms with Crippen molar-refractivity contribution in [1.82, 2.24) is 9.97 Å². The number of nitrogens with zero attached hydrogens (tertiary/aromatic N) is 3. The summed E-state index contributed by atoms with van der Waals surface area (Å²) in [4.78, 5) is 10.6. The molecule has 0 spiro atoms. The first kappa shape index (κ1) is 15.5. The number of benzene rings is 1. The maximum absolute atomic E-state index is 5.89. The van der Waals surface area contributed by atoms with Crippen molar-refractivity contribution in [3.63, 3.8) is 0 Å². The van der Waals surface area contributed by atoms with Gasteiger partial charge in [0.25, 0.3) is 0 Å². The third-order valence-corrected chi connectivity index (χ3v) is 3.19. The molecule has 0 fully saturated rings. The summed E-state index contributed by atoms with van der Waals surface area (Å²) < 4.78 is 5.33. The first-order chi connectivity index (χ1) is 10.1. The van der Waals surface area contributed by atoms with Gasteiger partial charge in [-0.25, -0.2) is 9.97 Å². The molecule has 2 rings (SSSR count). The predicted molar refractivity (Wildman–Crippen MR) is 85.3 cm³/mol. The summed E-state index contributed by atoms with van der Waals surface area (Å²) in [6.45, 7) is 3.62. The van der Waals surface area contributed by atoms with E-state index in [-0.39, 0.29) is 0 Å². The zero-order chi connectivity index (χ0) is 15.2. The number of rotatable bonds is 6. The fraction of sp³-hybridized carbons (Fsp3) is 0.333. The molecule has 0 saturated carbocycles. The highest BCUT2D eigenvalue weighted by molar-refractivity contribution is 6.30. The van der Waals surface area contributed by atoms with Crippen molar-refractivity contribution in [2.45, 2.75) is 20.1 Å². The Labute approximate surface area is 129 Å². The summed E-state index contributed by atoms with van der Waals surface area (Å²) >= 11 is 5.89. The van der Waals surface area contributed by atoms with Crippen LogP contribution in [0.5, 0.6) is 0 Å². The first-order valence-corrected chi connectivity index (χ1v) is 7.13. The van der Waals surface area contributed by atoms with E-state index in [2.05, 4.69) is 9.97 Å². The van der Waals surface area contributed by atoms with Crippen LogP contribution in [0.3, 0.4) is 0 Å². The fourth-order valence-electron chi connectivity index (χ4n) is 1.90.